The van der Waals surface area contributed by atoms with Crippen LogP contribution in [0.15, 0.2) is 48.8 Å². The number of rotatable bonds is 8. The van der Waals surface area contributed by atoms with Crippen LogP contribution >= 0.6 is 0 Å². The van der Waals surface area contributed by atoms with Gasteiger partial charge in [-0.1, -0.05) is 6.07 Å². The van der Waals surface area contributed by atoms with E-state index in [1.165, 1.54) is 0 Å². The number of benzene rings is 2. The fourth-order valence-electron chi connectivity index (χ4n) is 2.74. The van der Waals surface area contributed by atoms with Gasteiger partial charge in [-0.3, -0.25) is 14.8 Å². The molecule has 0 saturated heterocycles. The topological polar surface area (TPSA) is 99.6 Å². The van der Waals surface area contributed by atoms with Crippen molar-refractivity contribution < 1.29 is 23.8 Å². The Balaban J connectivity index is 1.46. The fourth-order valence-corrected chi connectivity index (χ4v) is 2.74. The van der Waals surface area contributed by atoms with Crippen LogP contribution < -0.4 is 14.8 Å². The molecule has 0 bridgehead atoms. The van der Waals surface area contributed by atoms with Gasteiger partial charge < -0.3 is 19.5 Å². The summed E-state index contributed by atoms with van der Waals surface area (Å²) in [6, 6.07) is 10.4. The number of amides is 1. The number of esters is 1. The molecule has 1 N–H and O–H groups in total. The minimum Gasteiger partial charge on any atom is -0.493 e. The summed E-state index contributed by atoms with van der Waals surface area (Å²) in [4.78, 5) is 32.4. The number of methoxy groups -OCH3 is 2. The molecule has 0 radical (unpaired) electrons. The zero-order chi connectivity index (χ0) is 20.6. The van der Waals surface area contributed by atoms with Crippen molar-refractivity contribution in [3.8, 4) is 11.5 Å². The normalized spacial score (nSPS) is 10.4. The Morgan fingerprint density at radius 2 is 1.69 bits per heavy atom. The standard InChI is InChI=1S/C21H21N3O5/c1-27-18-6-3-14(11-19(18)28-2)7-8-24-20(25)13-29-21(26)15-4-5-16-17(12-15)23-10-9-22-16/h3-6,9-12H,7-8,13H2,1-2H3,(H,24,25). The van der Waals surface area contributed by atoms with Crippen LogP contribution in [0.1, 0.15) is 15.9 Å². The second kappa shape index (κ2) is 9.50. The smallest absolute Gasteiger partial charge is 0.338 e. The Kier molecular flexibility index (Phi) is 6.57. The lowest BCUT2D eigenvalue weighted by molar-refractivity contribution is -0.124. The van der Waals surface area contributed by atoms with Gasteiger partial charge in [0.15, 0.2) is 18.1 Å². The number of ether oxygens (including phenoxy) is 3. The van der Waals surface area contributed by atoms with Crippen LogP contribution in [-0.2, 0) is 16.0 Å². The monoisotopic (exact) mass is 395 g/mol. The molecule has 0 atom stereocenters. The second-order valence-electron chi connectivity index (χ2n) is 6.13. The molecule has 29 heavy (non-hydrogen) atoms. The highest BCUT2D eigenvalue weighted by Crippen LogP contribution is 2.27. The highest BCUT2D eigenvalue weighted by Gasteiger charge is 2.11. The minimum atomic E-state index is -0.590. The molecular formula is C21H21N3O5. The van der Waals surface area contributed by atoms with Gasteiger partial charge in [-0.15, -0.1) is 0 Å². The first-order chi connectivity index (χ1) is 14.1. The van der Waals surface area contributed by atoms with Crippen molar-refractivity contribution in [2.45, 2.75) is 6.42 Å². The zero-order valence-corrected chi connectivity index (χ0v) is 16.2. The fraction of sp³-hybridized carbons (Fsp3) is 0.238. The van der Waals surface area contributed by atoms with E-state index in [1.807, 2.05) is 18.2 Å². The Labute approximate surface area is 167 Å². The number of carbonyl (C=O) groups excluding carboxylic acids is 2. The lowest BCUT2D eigenvalue weighted by Gasteiger charge is -2.10. The number of carbonyl (C=O) groups is 2. The van der Waals surface area contributed by atoms with Crippen molar-refractivity contribution in [1.82, 2.24) is 15.3 Å². The van der Waals surface area contributed by atoms with Crippen LogP contribution in [-0.4, -0.2) is 49.2 Å². The number of nitrogens with one attached hydrogen (secondary N) is 1. The largest absolute Gasteiger partial charge is 0.493 e. The number of hydrogen-bond donors (Lipinski definition) is 1. The molecule has 3 aromatic rings. The van der Waals surface area contributed by atoms with Gasteiger partial charge in [0, 0.05) is 18.9 Å². The maximum atomic E-state index is 12.1. The van der Waals surface area contributed by atoms with Crippen LogP contribution in [0.25, 0.3) is 11.0 Å². The SMILES string of the molecule is COc1ccc(CCNC(=O)COC(=O)c2ccc3nccnc3c2)cc1OC. The number of hydrogen-bond acceptors (Lipinski definition) is 7. The Bertz CT molecular complexity index is 1020. The van der Waals surface area contributed by atoms with Crippen molar-refractivity contribution in [3.05, 3.63) is 59.9 Å². The lowest BCUT2D eigenvalue weighted by Crippen LogP contribution is -2.30. The molecule has 150 valence electrons. The summed E-state index contributed by atoms with van der Waals surface area (Å²) in [6.45, 7) is 0.0424. The summed E-state index contributed by atoms with van der Waals surface area (Å²) in [7, 11) is 3.14. The average molecular weight is 395 g/mol. The van der Waals surface area contributed by atoms with E-state index in [1.54, 1.807) is 44.8 Å². The van der Waals surface area contributed by atoms with E-state index >= 15 is 0 Å². The highest BCUT2D eigenvalue weighted by molar-refractivity contribution is 5.94. The quantitative estimate of drug-likeness (QED) is 0.584. The van der Waals surface area contributed by atoms with Gasteiger partial charge >= 0.3 is 5.97 Å². The van der Waals surface area contributed by atoms with E-state index in [4.69, 9.17) is 14.2 Å². The van der Waals surface area contributed by atoms with Gasteiger partial charge in [0.05, 0.1) is 30.8 Å². The molecule has 0 aliphatic rings. The molecule has 0 saturated carbocycles. The first-order valence-electron chi connectivity index (χ1n) is 8.96. The zero-order valence-electron chi connectivity index (χ0n) is 16.2. The molecule has 8 nitrogen and oxygen atoms in total. The van der Waals surface area contributed by atoms with Crippen molar-refractivity contribution in [2.24, 2.45) is 0 Å². The Hall–Kier alpha value is -3.68. The molecule has 0 spiro atoms. The molecular weight excluding hydrogens is 374 g/mol. The van der Waals surface area contributed by atoms with Gasteiger partial charge in [0.1, 0.15) is 0 Å². The predicted molar refractivity (Wildman–Crippen MR) is 106 cm³/mol. The van der Waals surface area contributed by atoms with Gasteiger partial charge in [-0.05, 0) is 42.3 Å². The third-order valence-corrected chi connectivity index (χ3v) is 4.22. The molecule has 2 aromatic carbocycles. The van der Waals surface area contributed by atoms with Crippen LogP contribution in [0.4, 0.5) is 0 Å². The third kappa shape index (κ3) is 5.19. The maximum absolute atomic E-state index is 12.1. The molecule has 1 heterocycles. The first kappa shape index (κ1) is 20.1. The molecule has 0 unspecified atom stereocenters. The van der Waals surface area contributed by atoms with E-state index in [-0.39, 0.29) is 12.5 Å². The summed E-state index contributed by atoms with van der Waals surface area (Å²) in [5.41, 5.74) is 2.56. The predicted octanol–water partition coefficient (Wildman–Crippen LogP) is 2.16. The number of fused-ring (bicyclic) bond motifs is 1. The van der Waals surface area contributed by atoms with E-state index in [2.05, 4.69) is 15.3 Å². The highest BCUT2D eigenvalue weighted by atomic mass is 16.5. The average Bonchev–Trinajstić information content (AvgIpc) is 2.76. The van der Waals surface area contributed by atoms with Crippen LogP contribution in [0.3, 0.4) is 0 Å². The molecule has 8 heteroatoms. The number of nitrogens with zero attached hydrogens (tertiary/aromatic N) is 2. The molecule has 1 aromatic heterocycles. The molecule has 0 fully saturated rings. The Morgan fingerprint density at radius 3 is 2.45 bits per heavy atom. The summed E-state index contributed by atoms with van der Waals surface area (Å²) >= 11 is 0. The van der Waals surface area contributed by atoms with E-state index in [9.17, 15) is 9.59 Å². The summed E-state index contributed by atoms with van der Waals surface area (Å²) < 4.78 is 15.5. The van der Waals surface area contributed by atoms with E-state index < -0.39 is 5.97 Å². The van der Waals surface area contributed by atoms with Crippen molar-refractivity contribution >= 4 is 22.9 Å². The molecule has 0 aliphatic heterocycles. The van der Waals surface area contributed by atoms with Gasteiger partial charge in [0.25, 0.3) is 5.91 Å². The van der Waals surface area contributed by atoms with Crippen LogP contribution in [0, 0.1) is 0 Å². The molecule has 3 rings (SSSR count). The van der Waals surface area contributed by atoms with E-state index in [0.29, 0.717) is 41.1 Å². The van der Waals surface area contributed by atoms with Crippen molar-refractivity contribution in [3.63, 3.8) is 0 Å². The molecule has 0 aliphatic carbocycles. The van der Waals surface area contributed by atoms with E-state index in [0.717, 1.165) is 5.56 Å². The summed E-state index contributed by atoms with van der Waals surface area (Å²) in [5.74, 6) is 0.309. The third-order valence-electron chi connectivity index (χ3n) is 4.22. The number of aromatic nitrogens is 2. The van der Waals surface area contributed by atoms with Gasteiger partial charge in [0.2, 0.25) is 0 Å². The maximum Gasteiger partial charge on any atom is 0.338 e. The lowest BCUT2D eigenvalue weighted by atomic mass is 10.1. The molecule has 1 amide bonds. The Morgan fingerprint density at radius 1 is 0.931 bits per heavy atom. The van der Waals surface area contributed by atoms with Crippen molar-refractivity contribution in [2.75, 3.05) is 27.4 Å². The second-order valence-corrected chi connectivity index (χ2v) is 6.13. The van der Waals surface area contributed by atoms with Gasteiger partial charge in [-0.2, -0.15) is 0 Å². The van der Waals surface area contributed by atoms with Crippen molar-refractivity contribution in [1.29, 1.82) is 0 Å². The van der Waals surface area contributed by atoms with Crippen LogP contribution in [0.5, 0.6) is 11.5 Å². The first-order valence-corrected chi connectivity index (χ1v) is 8.96. The summed E-state index contributed by atoms with van der Waals surface area (Å²) in [5, 5.41) is 2.72. The minimum absolute atomic E-state index is 0.316. The van der Waals surface area contributed by atoms with Gasteiger partial charge in [-0.25, -0.2) is 4.79 Å². The summed E-state index contributed by atoms with van der Waals surface area (Å²) in [6.07, 6.45) is 3.72. The van der Waals surface area contributed by atoms with Crippen LogP contribution in [0.2, 0.25) is 0 Å².